The molecule has 1 fully saturated rings. The Kier molecular flexibility index (Phi) is 3.80. The van der Waals surface area contributed by atoms with Gasteiger partial charge in [0.05, 0.1) is 5.56 Å². The Labute approximate surface area is 112 Å². The van der Waals surface area contributed by atoms with E-state index in [9.17, 15) is 18.0 Å². The highest BCUT2D eigenvalue weighted by molar-refractivity contribution is 9.10. The molecule has 98 valence electrons. The topological polar surface area (TPSA) is 17.1 Å². The quantitative estimate of drug-likeness (QED) is 0.712. The Morgan fingerprint density at radius 2 is 1.83 bits per heavy atom. The molecule has 1 aromatic rings. The number of rotatable bonds is 2. The molecule has 0 unspecified atom stereocenters. The minimum Gasteiger partial charge on any atom is -0.294 e. The SMILES string of the molecule is O=C(c1ccc(Br)c(C(F)(F)F)c1)C1CCCC1. The van der Waals surface area contributed by atoms with E-state index in [2.05, 4.69) is 15.9 Å². The number of hydrogen-bond acceptors (Lipinski definition) is 1. The van der Waals surface area contributed by atoms with Gasteiger partial charge in [-0.2, -0.15) is 13.2 Å². The van der Waals surface area contributed by atoms with Gasteiger partial charge in [0.1, 0.15) is 0 Å². The number of Topliss-reactive ketones (excluding diaryl/α,β-unsaturated/α-hetero) is 1. The van der Waals surface area contributed by atoms with Gasteiger partial charge in [0.15, 0.2) is 5.78 Å². The number of benzene rings is 1. The zero-order chi connectivity index (χ0) is 13.3. The van der Waals surface area contributed by atoms with Crippen molar-refractivity contribution in [2.24, 2.45) is 5.92 Å². The summed E-state index contributed by atoms with van der Waals surface area (Å²) in [7, 11) is 0. The van der Waals surface area contributed by atoms with Crippen LogP contribution in [-0.4, -0.2) is 5.78 Å². The van der Waals surface area contributed by atoms with Crippen LogP contribution in [-0.2, 0) is 6.18 Å². The Morgan fingerprint density at radius 3 is 2.39 bits per heavy atom. The molecule has 0 amide bonds. The van der Waals surface area contributed by atoms with Gasteiger partial charge in [0, 0.05) is 16.0 Å². The smallest absolute Gasteiger partial charge is 0.294 e. The van der Waals surface area contributed by atoms with Crippen molar-refractivity contribution in [2.75, 3.05) is 0 Å². The molecule has 0 spiro atoms. The van der Waals surface area contributed by atoms with Gasteiger partial charge in [0.2, 0.25) is 0 Å². The number of ketones is 1. The third-order valence-corrected chi connectivity index (χ3v) is 3.97. The summed E-state index contributed by atoms with van der Waals surface area (Å²) in [6, 6.07) is 3.70. The third kappa shape index (κ3) is 2.76. The molecule has 2 rings (SSSR count). The molecule has 0 radical (unpaired) electrons. The van der Waals surface area contributed by atoms with Crippen LogP contribution in [0.5, 0.6) is 0 Å². The van der Waals surface area contributed by atoms with Crippen molar-refractivity contribution in [2.45, 2.75) is 31.9 Å². The van der Waals surface area contributed by atoms with E-state index in [4.69, 9.17) is 0 Å². The molecule has 1 aliphatic rings. The number of alkyl halides is 3. The molecule has 1 aromatic carbocycles. The molecular formula is C13H12BrF3O. The molecule has 1 nitrogen and oxygen atoms in total. The summed E-state index contributed by atoms with van der Waals surface area (Å²) >= 11 is 2.87. The van der Waals surface area contributed by atoms with Crippen molar-refractivity contribution in [1.29, 1.82) is 0 Å². The first kappa shape index (κ1) is 13.6. The standard InChI is InChI=1S/C13H12BrF3O/c14-11-6-5-9(7-10(11)13(15,16)17)12(18)8-3-1-2-4-8/h5-8H,1-4H2. The van der Waals surface area contributed by atoms with Crippen LogP contribution in [0, 0.1) is 5.92 Å². The van der Waals surface area contributed by atoms with Gasteiger partial charge < -0.3 is 0 Å². The fraction of sp³-hybridized carbons (Fsp3) is 0.462. The summed E-state index contributed by atoms with van der Waals surface area (Å²) < 4.78 is 38.2. The van der Waals surface area contributed by atoms with E-state index < -0.39 is 11.7 Å². The lowest BCUT2D eigenvalue weighted by Gasteiger charge is -2.12. The fourth-order valence-electron chi connectivity index (χ4n) is 2.32. The van der Waals surface area contributed by atoms with Gasteiger partial charge in [-0.25, -0.2) is 0 Å². The van der Waals surface area contributed by atoms with Crippen molar-refractivity contribution in [3.63, 3.8) is 0 Å². The van der Waals surface area contributed by atoms with Gasteiger partial charge in [-0.15, -0.1) is 0 Å². The first-order chi connectivity index (χ1) is 8.39. The monoisotopic (exact) mass is 320 g/mol. The lowest BCUT2D eigenvalue weighted by molar-refractivity contribution is -0.138. The van der Waals surface area contributed by atoms with E-state index >= 15 is 0 Å². The van der Waals surface area contributed by atoms with Gasteiger partial charge in [-0.3, -0.25) is 4.79 Å². The van der Waals surface area contributed by atoms with Gasteiger partial charge in [-0.05, 0) is 25.0 Å². The second-order valence-electron chi connectivity index (χ2n) is 4.54. The number of carbonyl (C=O) groups excluding carboxylic acids is 1. The van der Waals surface area contributed by atoms with E-state index in [0.717, 1.165) is 31.7 Å². The molecule has 1 saturated carbocycles. The second kappa shape index (κ2) is 5.03. The number of halogens is 4. The molecular weight excluding hydrogens is 309 g/mol. The summed E-state index contributed by atoms with van der Waals surface area (Å²) in [5.41, 5.74) is -0.622. The average molecular weight is 321 g/mol. The summed E-state index contributed by atoms with van der Waals surface area (Å²) in [4.78, 5) is 12.1. The van der Waals surface area contributed by atoms with Crippen LogP contribution in [0.4, 0.5) is 13.2 Å². The number of hydrogen-bond donors (Lipinski definition) is 0. The molecule has 0 bridgehead atoms. The first-order valence-corrected chi connectivity index (χ1v) is 6.60. The molecule has 0 N–H and O–H groups in total. The predicted molar refractivity (Wildman–Crippen MR) is 65.4 cm³/mol. The van der Waals surface area contributed by atoms with Crippen LogP contribution in [0.3, 0.4) is 0 Å². The molecule has 18 heavy (non-hydrogen) atoms. The predicted octanol–water partition coefficient (Wildman–Crippen LogP) is 4.84. The van der Waals surface area contributed by atoms with Crippen molar-refractivity contribution < 1.29 is 18.0 Å². The molecule has 0 aromatic heterocycles. The van der Waals surface area contributed by atoms with Crippen molar-refractivity contribution in [1.82, 2.24) is 0 Å². The van der Waals surface area contributed by atoms with Crippen LogP contribution >= 0.6 is 15.9 Å². The van der Waals surface area contributed by atoms with Crippen molar-refractivity contribution in [3.05, 3.63) is 33.8 Å². The largest absolute Gasteiger partial charge is 0.417 e. The zero-order valence-electron chi connectivity index (χ0n) is 9.56. The van der Waals surface area contributed by atoms with Crippen LogP contribution in [0.15, 0.2) is 22.7 Å². The third-order valence-electron chi connectivity index (χ3n) is 3.28. The van der Waals surface area contributed by atoms with Crippen LogP contribution in [0.1, 0.15) is 41.6 Å². The maximum atomic E-state index is 12.7. The Morgan fingerprint density at radius 1 is 1.22 bits per heavy atom. The van der Waals surface area contributed by atoms with E-state index in [1.54, 1.807) is 0 Å². The van der Waals surface area contributed by atoms with Crippen LogP contribution in [0.25, 0.3) is 0 Å². The lowest BCUT2D eigenvalue weighted by Crippen LogP contribution is -2.13. The highest BCUT2D eigenvalue weighted by Crippen LogP contribution is 2.36. The maximum absolute atomic E-state index is 12.7. The normalized spacial score (nSPS) is 17.1. The van der Waals surface area contributed by atoms with E-state index in [-0.39, 0.29) is 21.7 Å². The lowest BCUT2D eigenvalue weighted by atomic mass is 9.95. The van der Waals surface area contributed by atoms with Gasteiger partial charge >= 0.3 is 6.18 Å². The summed E-state index contributed by atoms with van der Waals surface area (Å²) in [5.74, 6) is -0.266. The highest BCUT2D eigenvalue weighted by atomic mass is 79.9. The van der Waals surface area contributed by atoms with E-state index in [1.165, 1.54) is 12.1 Å². The molecule has 0 aliphatic heterocycles. The van der Waals surface area contributed by atoms with Gasteiger partial charge in [-0.1, -0.05) is 34.8 Å². The first-order valence-electron chi connectivity index (χ1n) is 5.80. The maximum Gasteiger partial charge on any atom is 0.417 e. The summed E-state index contributed by atoms with van der Waals surface area (Å²) in [5, 5.41) is 0. The molecule has 0 atom stereocenters. The zero-order valence-corrected chi connectivity index (χ0v) is 11.1. The molecule has 0 heterocycles. The molecule has 5 heteroatoms. The summed E-state index contributed by atoms with van der Waals surface area (Å²) in [6.07, 6.45) is -0.893. The molecule has 1 aliphatic carbocycles. The van der Waals surface area contributed by atoms with Crippen LogP contribution < -0.4 is 0 Å². The second-order valence-corrected chi connectivity index (χ2v) is 5.39. The van der Waals surface area contributed by atoms with Gasteiger partial charge in [0.25, 0.3) is 0 Å². The minimum atomic E-state index is -4.44. The minimum absolute atomic E-state index is 0.0297. The average Bonchev–Trinajstić information content (AvgIpc) is 2.80. The Balaban J connectivity index is 2.32. The fourth-order valence-corrected chi connectivity index (χ4v) is 2.79. The molecule has 0 saturated heterocycles. The highest BCUT2D eigenvalue weighted by Gasteiger charge is 2.34. The Hall–Kier alpha value is -0.840. The van der Waals surface area contributed by atoms with E-state index in [1.807, 2.05) is 0 Å². The van der Waals surface area contributed by atoms with Crippen molar-refractivity contribution in [3.8, 4) is 0 Å². The van der Waals surface area contributed by atoms with Crippen molar-refractivity contribution >= 4 is 21.7 Å². The number of carbonyl (C=O) groups is 1. The Bertz CT molecular complexity index is 462. The summed E-state index contributed by atoms with van der Waals surface area (Å²) in [6.45, 7) is 0. The van der Waals surface area contributed by atoms with Crippen LogP contribution in [0.2, 0.25) is 0 Å². The van der Waals surface area contributed by atoms with E-state index in [0.29, 0.717) is 0 Å².